The van der Waals surface area contributed by atoms with Crippen molar-refractivity contribution in [1.82, 2.24) is 10.2 Å². The van der Waals surface area contributed by atoms with Crippen LogP contribution in [0.5, 0.6) is 0 Å². The maximum absolute atomic E-state index is 3.76. The van der Waals surface area contributed by atoms with Crippen LogP contribution >= 0.6 is 0 Å². The first-order valence-corrected chi connectivity index (χ1v) is 9.47. The predicted octanol–water partition coefficient (Wildman–Crippen LogP) is 3.52. The Bertz CT molecular complexity index is 352. The third-order valence-corrected chi connectivity index (χ3v) is 7.64. The van der Waals surface area contributed by atoms with E-state index in [0.29, 0.717) is 5.41 Å². The number of hydrogen-bond acceptors (Lipinski definition) is 2. The van der Waals surface area contributed by atoms with E-state index in [-0.39, 0.29) is 0 Å². The van der Waals surface area contributed by atoms with E-state index in [1.807, 2.05) is 0 Å². The summed E-state index contributed by atoms with van der Waals surface area (Å²) in [6.45, 7) is 3.71. The quantitative estimate of drug-likeness (QED) is 0.805. The molecule has 0 aromatic heterocycles. The lowest BCUT2D eigenvalue weighted by Crippen LogP contribution is -2.58. The Labute approximate surface area is 131 Å². The fourth-order valence-electron chi connectivity index (χ4n) is 6.59. The molecule has 5 aliphatic carbocycles. The molecule has 120 valence electrons. The summed E-state index contributed by atoms with van der Waals surface area (Å²) in [5, 5.41) is 3.76. The Kier molecular flexibility index (Phi) is 3.61. The van der Waals surface area contributed by atoms with Gasteiger partial charge >= 0.3 is 0 Å². The minimum atomic E-state index is 0.640. The van der Waals surface area contributed by atoms with Gasteiger partial charge in [0.25, 0.3) is 0 Å². The molecule has 0 aromatic rings. The van der Waals surface area contributed by atoms with Crippen molar-refractivity contribution in [3.8, 4) is 0 Å². The highest BCUT2D eigenvalue weighted by Gasteiger charge is 2.54. The van der Waals surface area contributed by atoms with Gasteiger partial charge < -0.3 is 10.2 Å². The van der Waals surface area contributed by atoms with Gasteiger partial charge in [-0.2, -0.15) is 0 Å². The van der Waals surface area contributed by atoms with Crippen molar-refractivity contribution in [3.63, 3.8) is 0 Å². The molecule has 0 heterocycles. The predicted molar refractivity (Wildman–Crippen MR) is 88.3 cm³/mol. The van der Waals surface area contributed by atoms with Gasteiger partial charge in [0, 0.05) is 18.6 Å². The van der Waals surface area contributed by atoms with E-state index < -0.39 is 0 Å². The average Bonchev–Trinajstić information content (AvgIpc) is 3.26. The molecule has 4 bridgehead atoms. The number of nitrogens with zero attached hydrogens (tertiary/aromatic N) is 1. The van der Waals surface area contributed by atoms with Crippen LogP contribution < -0.4 is 5.32 Å². The Morgan fingerprint density at radius 2 is 1.57 bits per heavy atom. The summed E-state index contributed by atoms with van der Waals surface area (Å²) < 4.78 is 0. The lowest BCUT2D eigenvalue weighted by molar-refractivity contribution is -0.0780. The first-order chi connectivity index (χ1) is 10.1. The fraction of sp³-hybridized carbons (Fsp3) is 1.00. The van der Waals surface area contributed by atoms with E-state index in [9.17, 15) is 0 Å². The maximum atomic E-state index is 3.76. The third kappa shape index (κ3) is 2.57. The van der Waals surface area contributed by atoms with Crippen LogP contribution in [-0.4, -0.2) is 37.6 Å². The highest BCUT2D eigenvalue weighted by molar-refractivity contribution is 5.06. The van der Waals surface area contributed by atoms with Crippen LogP contribution in [0.2, 0.25) is 0 Å². The molecular weight excluding hydrogens is 256 g/mol. The van der Waals surface area contributed by atoms with Crippen molar-refractivity contribution in [2.75, 3.05) is 20.6 Å². The zero-order chi connectivity index (χ0) is 14.6. The molecular formula is C19H34N2. The van der Waals surface area contributed by atoms with Crippen molar-refractivity contribution < 1.29 is 0 Å². The average molecular weight is 290 g/mol. The highest BCUT2D eigenvalue weighted by atomic mass is 15.2. The number of rotatable bonds is 6. The molecule has 2 nitrogen and oxygen atoms in total. The molecule has 0 spiro atoms. The highest BCUT2D eigenvalue weighted by Crippen LogP contribution is 2.61. The Balaban J connectivity index is 1.47. The van der Waals surface area contributed by atoms with Gasteiger partial charge in [-0.25, -0.2) is 0 Å². The van der Waals surface area contributed by atoms with E-state index in [4.69, 9.17) is 0 Å². The molecule has 1 N–H and O–H groups in total. The molecule has 2 heteroatoms. The lowest BCUT2D eigenvalue weighted by atomic mass is 9.47. The summed E-state index contributed by atoms with van der Waals surface area (Å²) in [6.07, 6.45) is 12.2. The SMILES string of the molecule is CNC(CN(C)C(C)C1CC1)C12CC3CC(CC(C3)C1)C2. The third-order valence-electron chi connectivity index (χ3n) is 7.64. The smallest absolute Gasteiger partial charge is 0.0248 e. The van der Waals surface area contributed by atoms with Crippen LogP contribution in [0, 0.1) is 29.1 Å². The van der Waals surface area contributed by atoms with Crippen molar-refractivity contribution in [3.05, 3.63) is 0 Å². The molecule has 0 aliphatic heterocycles. The van der Waals surface area contributed by atoms with Crippen molar-refractivity contribution in [1.29, 1.82) is 0 Å². The van der Waals surface area contributed by atoms with E-state index >= 15 is 0 Å². The van der Waals surface area contributed by atoms with Crippen LogP contribution in [-0.2, 0) is 0 Å². The summed E-state index contributed by atoms with van der Waals surface area (Å²) >= 11 is 0. The molecule has 21 heavy (non-hydrogen) atoms. The Morgan fingerprint density at radius 3 is 2.00 bits per heavy atom. The van der Waals surface area contributed by atoms with E-state index in [1.165, 1.54) is 38.6 Å². The zero-order valence-corrected chi connectivity index (χ0v) is 14.3. The van der Waals surface area contributed by atoms with Crippen LogP contribution in [0.25, 0.3) is 0 Å². The summed E-state index contributed by atoms with van der Waals surface area (Å²) in [4.78, 5) is 2.66. The molecule has 5 saturated carbocycles. The molecule has 0 amide bonds. The van der Waals surface area contributed by atoms with Gasteiger partial charge in [-0.15, -0.1) is 0 Å². The van der Waals surface area contributed by atoms with Gasteiger partial charge in [0.05, 0.1) is 0 Å². The molecule has 0 saturated heterocycles. The maximum Gasteiger partial charge on any atom is 0.0248 e. The normalized spacial score (nSPS) is 44.3. The number of hydrogen-bond donors (Lipinski definition) is 1. The van der Waals surface area contributed by atoms with Crippen LogP contribution in [0.1, 0.15) is 58.3 Å². The summed E-state index contributed by atoms with van der Waals surface area (Å²) in [5.41, 5.74) is 0.640. The van der Waals surface area contributed by atoms with Crippen molar-refractivity contribution in [2.45, 2.75) is 70.4 Å². The molecule has 0 aromatic carbocycles. The standard InChI is InChI=1S/C19H34N2/c1-13(17-4-5-17)21(3)12-18(20-2)19-9-14-6-15(10-19)8-16(7-14)11-19/h13-18,20H,4-12H2,1-3H3. The van der Waals surface area contributed by atoms with Gasteiger partial charge in [-0.3, -0.25) is 0 Å². The van der Waals surface area contributed by atoms with Gasteiger partial charge in [-0.1, -0.05) is 0 Å². The van der Waals surface area contributed by atoms with Gasteiger partial charge in [0.15, 0.2) is 0 Å². The van der Waals surface area contributed by atoms with E-state index in [1.54, 1.807) is 19.3 Å². The molecule has 0 radical (unpaired) electrons. The summed E-state index contributed by atoms with van der Waals surface area (Å²) in [7, 11) is 4.59. The second-order valence-electron chi connectivity index (χ2n) is 9.14. The molecule has 5 fully saturated rings. The van der Waals surface area contributed by atoms with Crippen LogP contribution in [0.15, 0.2) is 0 Å². The monoisotopic (exact) mass is 290 g/mol. The molecule has 5 aliphatic rings. The fourth-order valence-corrected chi connectivity index (χ4v) is 6.59. The second-order valence-corrected chi connectivity index (χ2v) is 9.14. The summed E-state index contributed by atoms with van der Waals surface area (Å²) in [6, 6.07) is 1.51. The molecule has 2 unspecified atom stereocenters. The lowest BCUT2D eigenvalue weighted by Gasteiger charge is -2.60. The minimum absolute atomic E-state index is 0.640. The van der Waals surface area contributed by atoms with Crippen LogP contribution in [0.3, 0.4) is 0 Å². The Morgan fingerprint density at radius 1 is 1.05 bits per heavy atom. The van der Waals surface area contributed by atoms with Crippen LogP contribution in [0.4, 0.5) is 0 Å². The molecule has 5 rings (SSSR count). The van der Waals surface area contributed by atoms with Crippen molar-refractivity contribution in [2.24, 2.45) is 29.1 Å². The first-order valence-electron chi connectivity index (χ1n) is 9.47. The largest absolute Gasteiger partial charge is 0.315 e. The zero-order valence-electron chi connectivity index (χ0n) is 14.3. The van der Waals surface area contributed by atoms with E-state index in [2.05, 4.69) is 31.2 Å². The topological polar surface area (TPSA) is 15.3 Å². The van der Waals surface area contributed by atoms with Gasteiger partial charge in [0.1, 0.15) is 0 Å². The van der Waals surface area contributed by atoms with Gasteiger partial charge in [-0.05, 0) is 101 Å². The molecule has 2 atom stereocenters. The number of nitrogens with one attached hydrogen (secondary N) is 1. The summed E-state index contributed by atoms with van der Waals surface area (Å²) in [5.74, 6) is 4.19. The first kappa shape index (κ1) is 14.5. The van der Waals surface area contributed by atoms with Gasteiger partial charge in [0.2, 0.25) is 0 Å². The van der Waals surface area contributed by atoms with E-state index in [0.717, 1.165) is 35.8 Å². The Hall–Kier alpha value is -0.0800. The second kappa shape index (κ2) is 5.23. The van der Waals surface area contributed by atoms with Crippen molar-refractivity contribution >= 4 is 0 Å². The minimum Gasteiger partial charge on any atom is -0.315 e. The number of likely N-dealkylation sites (N-methyl/N-ethyl adjacent to an activating group) is 2.